The van der Waals surface area contributed by atoms with Crippen LogP contribution in [0.3, 0.4) is 0 Å². The first-order valence-corrected chi connectivity index (χ1v) is 11.8. The van der Waals surface area contributed by atoms with Gasteiger partial charge in [-0.2, -0.15) is 0 Å². The SMILES string of the molecule is CCOC(=O)C1CC1COC(c1ccc(OC)cc1)(c1ccc(OC)cc1)c1ccc(OC)cc1. The number of benzene rings is 3. The molecular weight excluding hydrogens is 444 g/mol. The number of rotatable bonds is 11. The summed E-state index contributed by atoms with van der Waals surface area (Å²) in [6, 6.07) is 23.7. The van der Waals surface area contributed by atoms with Crippen LogP contribution in [0.5, 0.6) is 17.2 Å². The zero-order valence-electron chi connectivity index (χ0n) is 20.7. The van der Waals surface area contributed by atoms with Gasteiger partial charge in [-0.15, -0.1) is 0 Å². The number of esters is 1. The van der Waals surface area contributed by atoms with Gasteiger partial charge in [0.2, 0.25) is 0 Å². The molecule has 1 aliphatic carbocycles. The summed E-state index contributed by atoms with van der Waals surface area (Å²) in [7, 11) is 4.94. The second kappa shape index (κ2) is 10.8. The first-order valence-electron chi connectivity index (χ1n) is 11.8. The van der Waals surface area contributed by atoms with Gasteiger partial charge in [-0.3, -0.25) is 4.79 Å². The van der Waals surface area contributed by atoms with E-state index >= 15 is 0 Å². The van der Waals surface area contributed by atoms with Crippen LogP contribution in [0, 0.1) is 11.8 Å². The Hall–Kier alpha value is -3.51. The maximum atomic E-state index is 12.2. The first-order chi connectivity index (χ1) is 17.0. The second-order valence-corrected chi connectivity index (χ2v) is 8.53. The lowest BCUT2D eigenvalue weighted by atomic mass is 9.80. The number of carbonyl (C=O) groups is 1. The highest BCUT2D eigenvalue weighted by Crippen LogP contribution is 2.46. The summed E-state index contributed by atoms with van der Waals surface area (Å²) in [5.41, 5.74) is 1.91. The van der Waals surface area contributed by atoms with E-state index in [1.165, 1.54) is 0 Å². The van der Waals surface area contributed by atoms with E-state index in [9.17, 15) is 4.79 Å². The van der Waals surface area contributed by atoms with Crippen molar-refractivity contribution in [1.29, 1.82) is 0 Å². The molecule has 0 spiro atoms. The predicted molar refractivity (Wildman–Crippen MR) is 133 cm³/mol. The molecule has 0 N–H and O–H groups in total. The molecule has 6 heteroatoms. The smallest absolute Gasteiger partial charge is 0.309 e. The molecule has 0 heterocycles. The predicted octanol–water partition coefficient (Wildman–Crippen LogP) is 5.22. The van der Waals surface area contributed by atoms with Crippen molar-refractivity contribution in [3.8, 4) is 17.2 Å². The van der Waals surface area contributed by atoms with Crippen LogP contribution in [-0.4, -0.2) is 40.5 Å². The van der Waals surface area contributed by atoms with Crippen LogP contribution >= 0.6 is 0 Å². The topological polar surface area (TPSA) is 63.2 Å². The summed E-state index contributed by atoms with van der Waals surface area (Å²) in [6.07, 6.45) is 0.767. The zero-order valence-corrected chi connectivity index (χ0v) is 20.7. The monoisotopic (exact) mass is 476 g/mol. The quantitative estimate of drug-likeness (QED) is 0.279. The Kier molecular flexibility index (Phi) is 7.61. The highest BCUT2D eigenvalue weighted by molar-refractivity contribution is 5.75. The minimum absolute atomic E-state index is 0.114. The highest BCUT2D eigenvalue weighted by Gasteiger charge is 2.47. The fourth-order valence-corrected chi connectivity index (χ4v) is 4.43. The Morgan fingerprint density at radius 2 is 1.14 bits per heavy atom. The van der Waals surface area contributed by atoms with Gasteiger partial charge in [0.1, 0.15) is 22.8 Å². The molecule has 184 valence electrons. The van der Waals surface area contributed by atoms with E-state index in [1.54, 1.807) is 21.3 Å². The van der Waals surface area contributed by atoms with Gasteiger partial charge in [0.25, 0.3) is 0 Å². The van der Waals surface area contributed by atoms with Crippen molar-refractivity contribution in [2.75, 3.05) is 34.5 Å². The number of hydrogen-bond donors (Lipinski definition) is 0. The molecule has 2 unspecified atom stereocenters. The molecular formula is C29H32O6. The van der Waals surface area contributed by atoms with Crippen molar-refractivity contribution in [3.63, 3.8) is 0 Å². The van der Waals surface area contributed by atoms with Crippen LogP contribution in [0.4, 0.5) is 0 Å². The van der Waals surface area contributed by atoms with Gasteiger partial charge in [0, 0.05) is 0 Å². The summed E-state index contributed by atoms with van der Waals surface area (Å²) in [5, 5.41) is 0. The Morgan fingerprint density at radius 3 is 1.49 bits per heavy atom. The maximum absolute atomic E-state index is 12.2. The molecule has 0 bridgehead atoms. The summed E-state index contributed by atoms with van der Waals surface area (Å²) < 4.78 is 28.3. The van der Waals surface area contributed by atoms with Crippen molar-refractivity contribution in [2.24, 2.45) is 11.8 Å². The van der Waals surface area contributed by atoms with Gasteiger partial charge in [0.15, 0.2) is 0 Å². The lowest BCUT2D eigenvalue weighted by molar-refractivity contribution is -0.145. The van der Waals surface area contributed by atoms with Crippen LogP contribution in [-0.2, 0) is 19.9 Å². The molecule has 2 atom stereocenters. The summed E-state index contributed by atoms with van der Waals surface area (Å²) >= 11 is 0. The minimum Gasteiger partial charge on any atom is -0.497 e. The summed E-state index contributed by atoms with van der Waals surface area (Å²) in [4.78, 5) is 12.2. The summed E-state index contributed by atoms with van der Waals surface area (Å²) in [5.74, 6) is 2.13. The lowest BCUT2D eigenvalue weighted by Gasteiger charge is -2.36. The molecule has 1 saturated carbocycles. The fraction of sp³-hybridized carbons (Fsp3) is 0.345. The van der Waals surface area contributed by atoms with Gasteiger partial charge in [-0.1, -0.05) is 36.4 Å². The first kappa shape index (κ1) is 24.6. The number of carbonyl (C=O) groups excluding carboxylic acids is 1. The highest BCUT2D eigenvalue weighted by atomic mass is 16.5. The van der Waals surface area contributed by atoms with E-state index < -0.39 is 5.60 Å². The standard InChI is InChI=1S/C29H32O6/c1-5-34-28(30)27-18-20(27)19-35-29(21-6-12-24(31-2)13-7-21,22-8-14-25(32-3)15-9-22)23-10-16-26(33-4)17-11-23/h6-17,20,27H,5,18-19H2,1-4H3. The van der Waals surface area contributed by atoms with Gasteiger partial charge < -0.3 is 23.7 Å². The van der Waals surface area contributed by atoms with E-state index in [2.05, 4.69) is 0 Å². The van der Waals surface area contributed by atoms with E-state index in [-0.39, 0.29) is 17.8 Å². The van der Waals surface area contributed by atoms with Crippen molar-refractivity contribution >= 4 is 5.97 Å². The average Bonchev–Trinajstić information content (AvgIpc) is 3.70. The third-order valence-electron chi connectivity index (χ3n) is 6.52. The summed E-state index contributed by atoms with van der Waals surface area (Å²) in [6.45, 7) is 2.62. The molecule has 4 rings (SSSR count). The van der Waals surface area contributed by atoms with Gasteiger partial charge >= 0.3 is 5.97 Å². The Labute approximate surface area is 206 Å². The van der Waals surface area contributed by atoms with Crippen LogP contribution in [0.15, 0.2) is 72.8 Å². The number of hydrogen-bond acceptors (Lipinski definition) is 6. The van der Waals surface area contributed by atoms with E-state index in [0.717, 1.165) is 40.4 Å². The molecule has 3 aromatic rings. The Bertz CT molecular complexity index is 990. The molecule has 0 amide bonds. The Morgan fingerprint density at radius 1 is 0.743 bits per heavy atom. The minimum atomic E-state index is -0.924. The van der Waals surface area contributed by atoms with Gasteiger partial charge in [0.05, 0.1) is 40.5 Å². The van der Waals surface area contributed by atoms with Gasteiger partial charge in [-0.25, -0.2) is 0 Å². The molecule has 0 aromatic heterocycles. The largest absolute Gasteiger partial charge is 0.497 e. The van der Waals surface area contributed by atoms with Crippen LogP contribution in [0.2, 0.25) is 0 Å². The molecule has 35 heavy (non-hydrogen) atoms. The molecule has 3 aromatic carbocycles. The fourth-order valence-electron chi connectivity index (χ4n) is 4.43. The molecule has 1 aliphatic rings. The van der Waals surface area contributed by atoms with E-state index in [0.29, 0.717) is 13.2 Å². The van der Waals surface area contributed by atoms with Crippen molar-refractivity contribution < 1.29 is 28.5 Å². The third-order valence-corrected chi connectivity index (χ3v) is 6.52. The lowest BCUT2D eigenvalue weighted by Crippen LogP contribution is -2.34. The van der Waals surface area contributed by atoms with E-state index in [4.69, 9.17) is 23.7 Å². The molecule has 0 aliphatic heterocycles. The van der Waals surface area contributed by atoms with Crippen LogP contribution in [0.25, 0.3) is 0 Å². The maximum Gasteiger partial charge on any atom is 0.309 e. The van der Waals surface area contributed by atoms with Crippen LogP contribution < -0.4 is 14.2 Å². The second-order valence-electron chi connectivity index (χ2n) is 8.53. The normalized spacial score (nSPS) is 16.9. The zero-order chi connectivity index (χ0) is 24.8. The molecule has 6 nitrogen and oxygen atoms in total. The number of methoxy groups -OCH3 is 3. The van der Waals surface area contributed by atoms with Crippen molar-refractivity contribution in [1.82, 2.24) is 0 Å². The van der Waals surface area contributed by atoms with Crippen molar-refractivity contribution in [3.05, 3.63) is 89.5 Å². The molecule has 1 fully saturated rings. The molecule has 0 saturated heterocycles. The van der Waals surface area contributed by atoms with Gasteiger partial charge in [-0.05, 0) is 72.4 Å². The third kappa shape index (κ3) is 5.13. The van der Waals surface area contributed by atoms with Crippen molar-refractivity contribution in [2.45, 2.75) is 18.9 Å². The average molecular weight is 477 g/mol. The number of ether oxygens (including phenoxy) is 5. The molecule has 0 radical (unpaired) electrons. The van der Waals surface area contributed by atoms with Crippen LogP contribution in [0.1, 0.15) is 30.0 Å². The van der Waals surface area contributed by atoms with E-state index in [1.807, 2.05) is 79.7 Å². The Balaban J connectivity index is 1.79.